The zero-order valence-corrected chi connectivity index (χ0v) is 41.5. The van der Waals surface area contributed by atoms with E-state index < -0.39 is 160 Å². The van der Waals surface area contributed by atoms with E-state index >= 15 is 0 Å². The molecule has 22 nitrogen and oxygen atoms in total. The van der Waals surface area contributed by atoms with Gasteiger partial charge in [-0.25, -0.2) is 0 Å². The SMILES string of the molecule is C=C1CO[C@@]2(O[C@H]3C[C@H]4[C@@H]5CC=C6C[C@@H](O)C[C@@H](O[C@@H]7OC[C@@H](O)[C@@H](O[C@@H]8OC[C@@H](O)[C@H](O)[C@H]8O)[C@@H]7O[C@@H]7O[C@@H](C)[C@H](OC(C)=O)[C@@H](O[C@@H]8OC[C@](O)(CO)[C@H]8O)[C@H]7O)[C@]6(C)[C@H]5CC[C@]4(C)[C@H]3[C@@H]2C)[C@@H](O)C1. The van der Waals surface area contributed by atoms with Crippen LogP contribution < -0.4 is 0 Å². The van der Waals surface area contributed by atoms with Crippen molar-refractivity contribution in [2.45, 2.75) is 208 Å². The van der Waals surface area contributed by atoms with Crippen LogP contribution in [0.2, 0.25) is 0 Å². The van der Waals surface area contributed by atoms with Crippen molar-refractivity contribution in [1.82, 2.24) is 0 Å². The van der Waals surface area contributed by atoms with Crippen molar-refractivity contribution < 1.29 is 108 Å². The Bertz CT molecular complexity index is 2030. The Morgan fingerprint density at radius 1 is 0.806 bits per heavy atom. The molecule has 0 aromatic carbocycles. The van der Waals surface area contributed by atoms with Gasteiger partial charge >= 0.3 is 5.97 Å². The van der Waals surface area contributed by atoms with Gasteiger partial charge in [-0.3, -0.25) is 4.79 Å². The molecular formula is C50H76O22. The monoisotopic (exact) mass is 1030 g/mol. The summed E-state index contributed by atoms with van der Waals surface area (Å²) in [6, 6.07) is 0. The molecular weight excluding hydrogens is 953 g/mol. The Morgan fingerprint density at radius 3 is 2.22 bits per heavy atom. The standard InChI is InChI=1S/C50H76O22/c1-20-11-32(56)50(65-15-20)21(2)34-31(72-50)14-28-26-8-7-24-12-25(53)13-33(48(24,6)27(26)9-10-47(28,34)5)68-45-41(39(30(55)17-63-45)69-43-36(58)35(57)29(54)16-62-43)71-44-37(59)40(38(22(3)66-44)67-23(4)52)70-46-42(60)49(61,18-51)19-64-46/h7,21-22,25-46,51,53-61H,1,8-19H2,2-6H3/t21-,22-,25+,26+,27-,28-,29+,30+,31-,32-,33+,34-,35-,36+,37+,38-,39+,40-,41-,42-,43-,44-,45-,46-,47-,48-,49+,50-/m0/s1. The first-order chi connectivity index (χ1) is 34.0. The van der Waals surface area contributed by atoms with Gasteiger partial charge in [-0.05, 0) is 73.7 Å². The van der Waals surface area contributed by atoms with Gasteiger partial charge in [0.1, 0.15) is 66.6 Å². The van der Waals surface area contributed by atoms with E-state index in [2.05, 4.69) is 33.4 Å². The summed E-state index contributed by atoms with van der Waals surface area (Å²) in [6.45, 7) is 11.5. The van der Waals surface area contributed by atoms with E-state index in [4.69, 9.17) is 52.1 Å². The molecule has 10 aliphatic rings. The number of fused-ring (bicyclic) bond motifs is 7. The maximum atomic E-state index is 12.4. The molecule has 1 spiro atoms. The lowest BCUT2D eigenvalue weighted by Gasteiger charge is -2.60. The van der Waals surface area contributed by atoms with Crippen molar-refractivity contribution in [3.05, 3.63) is 23.8 Å². The molecule has 10 rings (SSSR count). The van der Waals surface area contributed by atoms with Crippen LogP contribution in [0.3, 0.4) is 0 Å². The number of hydrogen-bond acceptors (Lipinski definition) is 22. The van der Waals surface area contributed by atoms with E-state index in [1.54, 1.807) is 0 Å². The highest BCUT2D eigenvalue weighted by Gasteiger charge is 2.71. The lowest BCUT2D eigenvalue weighted by atomic mass is 9.46. The van der Waals surface area contributed by atoms with Gasteiger partial charge in [0.2, 0.25) is 0 Å². The molecule has 6 aliphatic heterocycles. The smallest absolute Gasteiger partial charge is 0.303 e. The number of hydrogen-bond donors (Lipinski definition) is 10. The van der Waals surface area contributed by atoms with Gasteiger partial charge in [0.15, 0.2) is 37.1 Å². The minimum absolute atomic E-state index is 0.0689. The second-order valence-corrected chi connectivity index (χ2v) is 23.1. The van der Waals surface area contributed by atoms with Crippen LogP contribution in [0, 0.1) is 40.4 Å². The van der Waals surface area contributed by atoms with Crippen molar-refractivity contribution in [3.8, 4) is 0 Å². The molecule has 3 saturated carbocycles. The van der Waals surface area contributed by atoms with E-state index in [1.165, 1.54) is 6.92 Å². The molecule has 10 N–H and O–H groups in total. The second kappa shape index (κ2) is 19.9. The Balaban J connectivity index is 0.942. The van der Waals surface area contributed by atoms with E-state index in [-0.39, 0.29) is 47.5 Å². The maximum absolute atomic E-state index is 12.4. The lowest BCUT2D eigenvalue weighted by Crippen LogP contribution is -2.66. The number of esters is 1. The van der Waals surface area contributed by atoms with E-state index in [0.717, 1.165) is 43.8 Å². The van der Waals surface area contributed by atoms with Crippen LogP contribution in [0.15, 0.2) is 23.8 Å². The first-order valence-corrected chi connectivity index (χ1v) is 25.8. The van der Waals surface area contributed by atoms with Crippen molar-refractivity contribution in [3.63, 3.8) is 0 Å². The zero-order valence-electron chi connectivity index (χ0n) is 41.5. The first-order valence-electron chi connectivity index (χ1n) is 25.8. The summed E-state index contributed by atoms with van der Waals surface area (Å²) in [4.78, 5) is 12.4. The Kier molecular flexibility index (Phi) is 14.8. The van der Waals surface area contributed by atoms with Crippen molar-refractivity contribution in [2.24, 2.45) is 40.4 Å². The van der Waals surface area contributed by atoms with Gasteiger partial charge in [-0.2, -0.15) is 0 Å². The number of rotatable bonds is 10. The van der Waals surface area contributed by atoms with Crippen molar-refractivity contribution in [1.29, 1.82) is 0 Å². The van der Waals surface area contributed by atoms with Crippen LogP contribution in [0.25, 0.3) is 0 Å². The van der Waals surface area contributed by atoms with Gasteiger partial charge in [0.25, 0.3) is 0 Å². The molecule has 408 valence electrons. The third-order valence-corrected chi connectivity index (χ3v) is 18.9. The Labute approximate surface area is 418 Å². The first kappa shape index (κ1) is 53.5. The van der Waals surface area contributed by atoms with Gasteiger partial charge in [0.05, 0.1) is 57.5 Å². The molecule has 0 unspecified atom stereocenters. The fourth-order valence-corrected chi connectivity index (χ4v) is 15.1. The number of aliphatic hydroxyl groups is 10. The Morgan fingerprint density at radius 2 is 1.51 bits per heavy atom. The number of ether oxygens (including phenoxy) is 11. The highest BCUT2D eigenvalue weighted by atomic mass is 16.8. The third kappa shape index (κ3) is 8.77. The van der Waals surface area contributed by atoms with Crippen molar-refractivity contribution in [2.75, 3.05) is 33.0 Å². The number of aliphatic hydroxyl groups excluding tert-OH is 9. The van der Waals surface area contributed by atoms with Crippen LogP contribution in [-0.2, 0) is 56.9 Å². The van der Waals surface area contributed by atoms with Crippen molar-refractivity contribution >= 4 is 5.97 Å². The normalized spacial score (nSPS) is 55.4. The molecule has 0 bridgehead atoms. The van der Waals surface area contributed by atoms with E-state index in [1.807, 2.05) is 0 Å². The molecule has 6 heterocycles. The summed E-state index contributed by atoms with van der Waals surface area (Å²) in [6.07, 6.45) is -19.5. The third-order valence-electron chi connectivity index (χ3n) is 18.9. The Hall–Kier alpha value is -1.85. The molecule has 28 atom stereocenters. The average Bonchev–Trinajstić information content (AvgIpc) is 3.91. The lowest BCUT2D eigenvalue weighted by molar-refractivity contribution is -0.387. The molecule has 9 fully saturated rings. The van der Waals surface area contributed by atoms with E-state index in [0.29, 0.717) is 19.4 Å². The quantitative estimate of drug-likeness (QED) is 0.0869. The minimum Gasteiger partial charge on any atom is -0.457 e. The topological polar surface area (TPSA) is 321 Å². The highest BCUT2D eigenvalue weighted by molar-refractivity contribution is 5.66. The maximum Gasteiger partial charge on any atom is 0.303 e. The predicted molar refractivity (Wildman–Crippen MR) is 241 cm³/mol. The number of carbonyl (C=O) groups excluding carboxylic acids is 1. The number of allylic oxidation sites excluding steroid dienone is 1. The average molecular weight is 1030 g/mol. The fourth-order valence-electron chi connectivity index (χ4n) is 15.1. The fraction of sp³-hybridized carbons (Fsp3) is 0.900. The summed E-state index contributed by atoms with van der Waals surface area (Å²) < 4.78 is 68.3. The second-order valence-electron chi connectivity index (χ2n) is 23.1. The zero-order chi connectivity index (χ0) is 51.6. The predicted octanol–water partition coefficient (Wildman–Crippen LogP) is -1.61. The summed E-state index contributed by atoms with van der Waals surface area (Å²) in [5.74, 6) is -1.26. The summed E-state index contributed by atoms with van der Waals surface area (Å²) in [5.41, 5.74) is -1.01. The molecule has 4 aliphatic carbocycles. The number of carbonyl (C=O) groups is 1. The molecule has 0 aromatic rings. The minimum atomic E-state index is -2.11. The van der Waals surface area contributed by atoms with Crippen LogP contribution in [0.1, 0.15) is 79.6 Å². The summed E-state index contributed by atoms with van der Waals surface area (Å²) in [5, 5.41) is 110. The van der Waals surface area contributed by atoms with Crippen LogP contribution in [-0.4, -0.2) is 218 Å². The van der Waals surface area contributed by atoms with Gasteiger partial charge in [0, 0.05) is 31.1 Å². The largest absolute Gasteiger partial charge is 0.457 e. The van der Waals surface area contributed by atoms with Crippen LogP contribution >= 0.6 is 0 Å². The van der Waals surface area contributed by atoms with E-state index in [9.17, 15) is 55.9 Å². The van der Waals surface area contributed by atoms with Crippen LogP contribution in [0.4, 0.5) is 0 Å². The summed E-state index contributed by atoms with van der Waals surface area (Å²) in [7, 11) is 0. The molecule has 6 saturated heterocycles. The van der Waals surface area contributed by atoms with Gasteiger partial charge < -0.3 is 103 Å². The van der Waals surface area contributed by atoms with Gasteiger partial charge in [-0.15, -0.1) is 0 Å². The highest BCUT2D eigenvalue weighted by Crippen LogP contribution is 2.71. The molecule has 0 aromatic heterocycles. The molecule has 22 heteroatoms. The summed E-state index contributed by atoms with van der Waals surface area (Å²) >= 11 is 0. The molecule has 0 amide bonds. The molecule has 72 heavy (non-hydrogen) atoms. The van der Waals surface area contributed by atoms with Crippen LogP contribution in [0.5, 0.6) is 0 Å². The van der Waals surface area contributed by atoms with Gasteiger partial charge in [-0.1, -0.05) is 39.0 Å². The molecule has 0 radical (unpaired) electrons.